The van der Waals surface area contributed by atoms with Gasteiger partial charge in [-0.25, -0.2) is 9.18 Å². The van der Waals surface area contributed by atoms with E-state index in [0.717, 1.165) is 18.4 Å². The Hall–Kier alpha value is -1.95. The molecule has 0 spiro atoms. The topological polar surface area (TPSA) is 58.6 Å². The number of halogens is 1. The van der Waals surface area contributed by atoms with Crippen LogP contribution in [0.4, 0.5) is 9.18 Å². The summed E-state index contributed by atoms with van der Waals surface area (Å²) in [5.41, 5.74) is 0.931. The van der Waals surface area contributed by atoms with Crippen LogP contribution in [0.5, 0.6) is 0 Å². The average molecular weight is 294 g/mol. The molecule has 0 heterocycles. The minimum atomic E-state index is -0.760. The summed E-state index contributed by atoms with van der Waals surface area (Å²) in [6, 6.07) is 6.08. The molecule has 0 aliphatic heterocycles. The highest BCUT2D eigenvalue weighted by Gasteiger charge is 2.35. The zero-order valence-corrected chi connectivity index (χ0v) is 12.1. The molecule has 0 unspecified atom stereocenters. The lowest BCUT2D eigenvalue weighted by atomic mass is 10.1. The number of alkyl carbamates (subject to hydrolysis) is 1. The van der Waals surface area contributed by atoms with E-state index < -0.39 is 18.0 Å². The van der Waals surface area contributed by atoms with E-state index in [1.807, 2.05) is 4.90 Å². The minimum Gasteiger partial charge on any atom is -0.453 e. The van der Waals surface area contributed by atoms with Crippen LogP contribution in [-0.4, -0.2) is 36.1 Å². The van der Waals surface area contributed by atoms with E-state index in [9.17, 15) is 14.0 Å². The lowest BCUT2D eigenvalue weighted by Crippen LogP contribution is -2.47. The average Bonchev–Trinajstić information content (AvgIpc) is 3.30. The van der Waals surface area contributed by atoms with Gasteiger partial charge in [-0.1, -0.05) is 12.1 Å². The Balaban J connectivity index is 2.02. The van der Waals surface area contributed by atoms with E-state index in [4.69, 9.17) is 0 Å². The number of hydrogen-bond acceptors (Lipinski definition) is 4. The monoisotopic (exact) mass is 294 g/mol. The molecule has 1 saturated carbocycles. The summed E-state index contributed by atoms with van der Waals surface area (Å²) in [5.74, 6) is -0.677. The quantitative estimate of drug-likeness (QED) is 0.903. The van der Waals surface area contributed by atoms with Gasteiger partial charge in [-0.15, -0.1) is 0 Å². The third kappa shape index (κ3) is 4.26. The second kappa shape index (κ2) is 6.67. The van der Waals surface area contributed by atoms with Gasteiger partial charge >= 0.3 is 6.09 Å². The SMILES string of the molecule is COC(=O)NC(=O)[C@@H](C)N(Cc1ccc(F)cc1)C1CC1. The molecule has 1 atom stereocenters. The van der Waals surface area contributed by atoms with Crippen LogP contribution in [-0.2, 0) is 16.1 Å². The maximum Gasteiger partial charge on any atom is 0.413 e. The number of carbonyl (C=O) groups is 2. The normalized spacial score (nSPS) is 15.6. The summed E-state index contributed by atoms with van der Waals surface area (Å²) in [5, 5.41) is 2.19. The maximum absolute atomic E-state index is 12.9. The van der Waals surface area contributed by atoms with Gasteiger partial charge in [0, 0.05) is 12.6 Å². The molecule has 2 rings (SSSR count). The molecule has 21 heavy (non-hydrogen) atoms. The van der Waals surface area contributed by atoms with Gasteiger partial charge in [-0.05, 0) is 37.5 Å². The second-order valence-corrected chi connectivity index (χ2v) is 5.19. The molecule has 2 amide bonds. The van der Waals surface area contributed by atoms with Crippen molar-refractivity contribution in [2.45, 2.75) is 38.4 Å². The number of benzene rings is 1. The summed E-state index contributed by atoms with van der Waals surface area (Å²) in [6.45, 7) is 2.29. The van der Waals surface area contributed by atoms with Crippen LogP contribution in [0, 0.1) is 5.82 Å². The van der Waals surface area contributed by atoms with Crippen molar-refractivity contribution in [3.63, 3.8) is 0 Å². The van der Waals surface area contributed by atoms with Gasteiger partial charge in [0.2, 0.25) is 5.91 Å². The third-order valence-electron chi connectivity index (χ3n) is 3.58. The fraction of sp³-hybridized carbons (Fsp3) is 0.467. The zero-order chi connectivity index (χ0) is 15.4. The third-order valence-corrected chi connectivity index (χ3v) is 3.58. The van der Waals surface area contributed by atoms with Gasteiger partial charge in [0.15, 0.2) is 0 Å². The summed E-state index contributed by atoms with van der Waals surface area (Å²) in [6.07, 6.45) is 1.29. The van der Waals surface area contributed by atoms with Crippen molar-refractivity contribution in [1.82, 2.24) is 10.2 Å². The van der Waals surface area contributed by atoms with E-state index in [-0.39, 0.29) is 5.82 Å². The van der Waals surface area contributed by atoms with Crippen molar-refractivity contribution in [1.29, 1.82) is 0 Å². The largest absolute Gasteiger partial charge is 0.453 e. The molecular weight excluding hydrogens is 275 g/mol. The van der Waals surface area contributed by atoms with Gasteiger partial charge in [-0.2, -0.15) is 0 Å². The molecular formula is C15H19FN2O3. The standard InChI is InChI=1S/C15H19FN2O3/c1-10(14(19)17-15(20)21-2)18(13-7-8-13)9-11-3-5-12(16)6-4-11/h3-6,10,13H,7-9H2,1-2H3,(H,17,19,20)/t10-/m1/s1. The highest BCUT2D eigenvalue weighted by Crippen LogP contribution is 2.30. The molecule has 114 valence electrons. The van der Waals surface area contributed by atoms with E-state index >= 15 is 0 Å². The van der Waals surface area contributed by atoms with Crippen molar-refractivity contribution in [2.24, 2.45) is 0 Å². The van der Waals surface area contributed by atoms with Crippen LogP contribution in [0.15, 0.2) is 24.3 Å². The predicted octanol–water partition coefficient (Wildman–Crippen LogP) is 2.06. The first-order valence-electron chi connectivity index (χ1n) is 6.90. The van der Waals surface area contributed by atoms with Crippen molar-refractivity contribution in [3.05, 3.63) is 35.6 Å². The zero-order valence-electron chi connectivity index (χ0n) is 12.1. The number of hydrogen-bond donors (Lipinski definition) is 1. The molecule has 1 fully saturated rings. The highest BCUT2D eigenvalue weighted by molar-refractivity contribution is 5.94. The van der Waals surface area contributed by atoms with Crippen molar-refractivity contribution in [3.8, 4) is 0 Å². The first kappa shape index (κ1) is 15.4. The van der Waals surface area contributed by atoms with Crippen molar-refractivity contribution in [2.75, 3.05) is 7.11 Å². The molecule has 1 aromatic carbocycles. The molecule has 0 saturated heterocycles. The van der Waals surface area contributed by atoms with E-state index in [1.165, 1.54) is 19.2 Å². The first-order chi connectivity index (χ1) is 10.0. The fourth-order valence-corrected chi connectivity index (χ4v) is 2.20. The first-order valence-corrected chi connectivity index (χ1v) is 6.90. The molecule has 6 heteroatoms. The molecule has 1 aromatic rings. The minimum absolute atomic E-state index is 0.284. The Morgan fingerprint density at radius 1 is 1.38 bits per heavy atom. The lowest BCUT2D eigenvalue weighted by Gasteiger charge is -2.27. The molecule has 5 nitrogen and oxygen atoms in total. The molecule has 0 radical (unpaired) electrons. The molecule has 0 bridgehead atoms. The summed E-state index contributed by atoms with van der Waals surface area (Å²) in [7, 11) is 1.21. The molecule has 0 aromatic heterocycles. The van der Waals surface area contributed by atoms with Gasteiger partial charge in [0.25, 0.3) is 0 Å². The van der Waals surface area contributed by atoms with Crippen LogP contribution >= 0.6 is 0 Å². The van der Waals surface area contributed by atoms with Crippen molar-refractivity contribution < 1.29 is 18.7 Å². The fourth-order valence-electron chi connectivity index (χ4n) is 2.20. The van der Waals surface area contributed by atoms with Crippen LogP contribution < -0.4 is 5.32 Å². The number of nitrogens with zero attached hydrogens (tertiary/aromatic N) is 1. The summed E-state index contributed by atoms with van der Waals surface area (Å²) in [4.78, 5) is 25.2. The van der Waals surface area contributed by atoms with Crippen LogP contribution in [0.25, 0.3) is 0 Å². The highest BCUT2D eigenvalue weighted by atomic mass is 19.1. The van der Waals surface area contributed by atoms with Crippen molar-refractivity contribution >= 4 is 12.0 Å². The second-order valence-electron chi connectivity index (χ2n) is 5.19. The number of carbonyl (C=O) groups excluding carboxylic acids is 2. The number of nitrogens with one attached hydrogen (secondary N) is 1. The summed E-state index contributed by atoms with van der Waals surface area (Å²) < 4.78 is 17.4. The predicted molar refractivity (Wildman–Crippen MR) is 75.0 cm³/mol. The number of amides is 2. The van der Waals surface area contributed by atoms with Gasteiger partial charge in [-0.3, -0.25) is 15.0 Å². The number of methoxy groups -OCH3 is 1. The molecule has 1 aliphatic carbocycles. The Bertz CT molecular complexity index is 514. The number of ether oxygens (including phenoxy) is 1. The van der Waals surface area contributed by atoms with E-state index in [0.29, 0.717) is 12.6 Å². The smallest absolute Gasteiger partial charge is 0.413 e. The Morgan fingerprint density at radius 2 is 2.00 bits per heavy atom. The Labute approximate surface area is 123 Å². The van der Waals surface area contributed by atoms with Crippen LogP contribution in [0.3, 0.4) is 0 Å². The van der Waals surface area contributed by atoms with Gasteiger partial charge in [0.05, 0.1) is 13.2 Å². The molecule has 1 aliphatic rings. The Morgan fingerprint density at radius 3 is 2.52 bits per heavy atom. The maximum atomic E-state index is 12.9. The summed E-state index contributed by atoms with van der Waals surface area (Å²) >= 11 is 0. The van der Waals surface area contributed by atoms with E-state index in [2.05, 4.69) is 10.1 Å². The molecule has 1 N–H and O–H groups in total. The van der Waals surface area contributed by atoms with Gasteiger partial charge in [0.1, 0.15) is 5.82 Å². The van der Waals surface area contributed by atoms with Crippen LogP contribution in [0.1, 0.15) is 25.3 Å². The number of imide groups is 1. The lowest BCUT2D eigenvalue weighted by molar-refractivity contribution is -0.125. The number of rotatable bonds is 5. The Kier molecular flexibility index (Phi) is 4.90. The van der Waals surface area contributed by atoms with Gasteiger partial charge < -0.3 is 4.74 Å². The van der Waals surface area contributed by atoms with Crippen LogP contribution in [0.2, 0.25) is 0 Å². The van der Waals surface area contributed by atoms with E-state index in [1.54, 1.807) is 19.1 Å².